The van der Waals surface area contributed by atoms with Crippen LogP contribution in [0.1, 0.15) is 56.1 Å². The van der Waals surface area contributed by atoms with Crippen LogP contribution >= 0.6 is 0 Å². The van der Waals surface area contributed by atoms with E-state index in [-0.39, 0.29) is 5.41 Å². The quantitative estimate of drug-likeness (QED) is 0.779. The van der Waals surface area contributed by atoms with Gasteiger partial charge in [-0.2, -0.15) is 0 Å². The predicted molar refractivity (Wildman–Crippen MR) is 77.7 cm³/mol. The summed E-state index contributed by atoms with van der Waals surface area (Å²) in [7, 11) is 0. The minimum Gasteiger partial charge on any atom is -0.508 e. The minimum absolute atomic E-state index is 0.0322. The molecule has 3 aliphatic carbocycles. The van der Waals surface area contributed by atoms with Crippen molar-refractivity contribution in [3.63, 3.8) is 0 Å². The van der Waals surface area contributed by atoms with Crippen molar-refractivity contribution < 1.29 is 9.90 Å². The number of benzene rings is 1. The number of rotatable bonds is 0. The monoisotopic (exact) mass is 272 g/mol. The lowest BCUT2D eigenvalue weighted by molar-refractivity contribution is -0.129. The molecule has 4 rings (SSSR count). The fourth-order valence-corrected chi connectivity index (χ4v) is 5.34. The molecule has 20 heavy (non-hydrogen) atoms. The number of hydrogen-bond acceptors (Lipinski definition) is 2. The zero-order valence-electron chi connectivity index (χ0n) is 12.1. The topological polar surface area (TPSA) is 37.3 Å². The van der Waals surface area contributed by atoms with Crippen LogP contribution in [-0.4, -0.2) is 10.9 Å². The van der Waals surface area contributed by atoms with Crippen molar-refractivity contribution >= 4 is 5.78 Å². The van der Waals surface area contributed by atoms with Crippen molar-refractivity contribution in [3.8, 4) is 5.75 Å². The molecule has 2 nitrogen and oxygen atoms in total. The fourth-order valence-electron chi connectivity index (χ4n) is 5.34. The molecule has 1 N–H and O–H groups in total. The molecule has 2 heteroatoms. The Morgan fingerprint density at radius 3 is 2.90 bits per heavy atom. The van der Waals surface area contributed by atoms with Crippen molar-refractivity contribution in [1.29, 1.82) is 0 Å². The van der Waals surface area contributed by atoms with Gasteiger partial charge in [-0.05, 0) is 73.1 Å². The number of phenolic OH excluding ortho intramolecular Hbond substituents is 1. The smallest absolute Gasteiger partial charge is 0.139 e. The highest BCUT2D eigenvalue weighted by atomic mass is 16.3. The van der Waals surface area contributed by atoms with E-state index in [2.05, 4.69) is 13.0 Å². The van der Waals surface area contributed by atoms with Gasteiger partial charge in [0.2, 0.25) is 0 Å². The molecule has 0 aromatic heterocycles. The van der Waals surface area contributed by atoms with Gasteiger partial charge in [0.15, 0.2) is 0 Å². The Kier molecular flexibility index (Phi) is 2.55. The Morgan fingerprint density at radius 2 is 2.05 bits per heavy atom. The summed E-state index contributed by atoms with van der Waals surface area (Å²) >= 11 is 0. The van der Waals surface area contributed by atoms with Gasteiger partial charge in [0.1, 0.15) is 11.5 Å². The molecule has 0 saturated heterocycles. The number of fused-ring (bicyclic) bond motifs is 5. The summed E-state index contributed by atoms with van der Waals surface area (Å²) in [6, 6.07) is 5.90. The van der Waals surface area contributed by atoms with Crippen molar-refractivity contribution in [1.82, 2.24) is 0 Å². The van der Waals surface area contributed by atoms with E-state index >= 15 is 0 Å². The molecule has 0 spiro atoms. The first-order valence-electron chi connectivity index (χ1n) is 7.95. The Bertz CT molecular complexity index is 577. The van der Waals surface area contributed by atoms with Gasteiger partial charge in [-0.15, -0.1) is 0 Å². The number of hydrogen-bond donors (Lipinski definition) is 1. The van der Waals surface area contributed by atoms with Crippen LogP contribution < -0.4 is 0 Å². The van der Waals surface area contributed by atoms with E-state index in [1.165, 1.54) is 17.5 Å². The number of Topliss-reactive ketones (excluding diaryl/α,β-unsaturated/α-hetero) is 1. The van der Waals surface area contributed by atoms with Crippen LogP contribution in [0.25, 0.3) is 0 Å². The predicted octanol–water partition coefficient (Wildman–Crippen LogP) is 3.82. The number of aromatic hydroxyl groups is 1. The van der Waals surface area contributed by atoms with Crippen LogP contribution in [0.15, 0.2) is 18.2 Å². The highest BCUT2D eigenvalue weighted by Crippen LogP contribution is 2.59. The van der Waals surface area contributed by atoms with E-state index < -0.39 is 0 Å². The van der Waals surface area contributed by atoms with Gasteiger partial charge in [-0.3, -0.25) is 4.79 Å². The number of carbonyl (C=O) groups excluding carboxylic acids is 1. The summed E-state index contributed by atoms with van der Waals surface area (Å²) < 4.78 is 0. The maximum absolute atomic E-state index is 12.3. The minimum atomic E-state index is -0.0322. The second kappa shape index (κ2) is 4.09. The van der Waals surface area contributed by atoms with E-state index in [0.717, 1.165) is 32.1 Å². The highest BCUT2D eigenvalue weighted by molar-refractivity contribution is 5.87. The highest BCUT2D eigenvalue weighted by Gasteiger charge is 2.54. The van der Waals surface area contributed by atoms with E-state index in [1.807, 2.05) is 12.1 Å². The maximum atomic E-state index is 12.3. The summed E-state index contributed by atoms with van der Waals surface area (Å²) in [5, 5.41) is 9.67. The van der Waals surface area contributed by atoms with Crippen molar-refractivity contribution in [2.24, 2.45) is 17.3 Å². The summed E-state index contributed by atoms with van der Waals surface area (Å²) in [6.45, 7) is 2.22. The van der Waals surface area contributed by atoms with Gasteiger partial charge in [0.25, 0.3) is 0 Å². The standard InChI is InChI=1S/C18H22O2/c1-18-9-8-14-13-5-3-12(19)10-11(13)2-4-15(14)16(18)6-7-17(18)20/h3,5,10,14-16,19H,2,4,6-9H2,1H3/t14-,15-,16+,18+/m1/s1/i10+1,12+1. The molecule has 0 bridgehead atoms. The van der Waals surface area contributed by atoms with Crippen LogP contribution in [0, 0.1) is 17.3 Å². The average molecular weight is 272 g/mol. The fraction of sp³-hybridized carbons (Fsp3) is 0.611. The molecule has 1 aromatic rings. The third-order valence-corrected chi connectivity index (χ3v) is 6.42. The second-order valence-electron chi connectivity index (χ2n) is 7.22. The van der Waals surface area contributed by atoms with Crippen LogP contribution in [-0.2, 0) is 11.2 Å². The Morgan fingerprint density at radius 1 is 1.20 bits per heavy atom. The molecule has 106 valence electrons. The molecule has 0 amide bonds. The molecule has 2 saturated carbocycles. The second-order valence-corrected chi connectivity index (χ2v) is 7.22. The first-order valence-corrected chi connectivity index (χ1v) is 7.95. The number of phenols is 1. The first kappa shape index (κ1) is 12.4. The van der Waals surface area contributed by atoms with E-state index in [0.29, 0.717) is 29.3 Å². The normalized spacial score (nSPS) is 39.0. The molecule has 2 fully saturated rings. The zero-order chi connectivity index (χ0) is 13.9. The van der Waals surface area contributed by atoms with Crippen molar-refractivity contribution in [2.45, 2.75) is 51.4 Å². The third-order valence-electron chi connectivity index (χ3n) is 6.42. The molecule has 0 unspecified atom stereocenters. The maximum Gasteiger partial charge on any atom is 0.139 e. The summed E-state index contributed by atoms with van der Waals surface area (Å²) in [6.07, 6.45) is 6.34. The molecule has 4 atom stereocenters. The molecule has 3 aliphatic rings. The SMILES string of the molecule is C[C@]12CC[C@@H]3c4cc[13c](O)[13cH]c4CC[C@H]3[C@@H]1CCC2=O. The average Bonchev–Trinajstić information content (AvgIpc) is 2.74. The molecule has 0 aliphatic heterocycles. The molecular formula is C18H22O2. The van der Waals surface area contributed by atoms with Gasteiger partial charge in [0.05, 0.1) is 0 Å². The van der Waals surface area contributed by atoms with Crippen molar-refractivity contribution in [2.75, 3.05) is 0 Å². The van der Waals surface area contributed by atoms with Crippen LogP contribution in [0.2, 0.25) is 0 Å². The number of ketones is 1. The van der Waals surface area contributed by atoms with Gasteiger partial charge in [0, 0.05) is 11.8 Å². The van der Waals surface area contributed by atoms with E-state index in [4.69, 9.17) is 0 Å². The van der Waals surface area contributed by atoms with Crippen LogP contribution in [0.3, 0.4) is 0 Å². The van der Waals surface area contributed by atoms with Crippen LogP contribution in [0.4, 0.5) is 0 Å². The van der Waals surface area contributed by atoms with Crippen molar-refractivity contribution in [3.05, 3.63) is 29.3 Å². The number of carbonyl (C=O) groups is 1. The largest absolute Gasteiger partial charge is 0.508 e. The van der Waals surface area contributed by atoms with E-state index in [1.54, 1.807) is 0 Å². The third kappa shape index (κ3) is 1.54. The van der Waals surface area contributed by atoms with Crippen LogP contribution in [0.5, 0.6) is 5.75 Å². The van der Waals surface area contributed by atoms with Gasteiger partial charge in [-0.1, -0.05) is 13.0 Å². The van der Waals surface area contributed by atoms with Gasteiger partial charge in [-0.25, -0.2) is 0 Å². The lowest BCUT2D eigenvalue weighted by atomic mass is 9.56. The summed E-state index contributed by atoms with van der Waals surface area (Å²) in [5.74, 6) is 2.78. The lowest BCUT2D eigenvalue weighted by Crippen LogP contribution is -2.42. The van der Waals surface area contributed by atoms with Gasteiger partial charge >= 0.3 is 0 Å². The number of aryl methyl sites for hydroxylation is 1. The Hall–Kier alpha value is -1.31. The Balaban J connectivity index is 1.73. The zero-order valence-corrected chi connectivity index (χ0v) is 12.1. The lowest BCUT2D eigenvalue weighted by Gasteiger charge is -2.48. The molecule has 0 radical (unpaired) electrons. The van der Waals surface area contributed by atoms with Gasteiger partial charge < -0.3 is 5.11 Å². The summed E-state index contributed by atoms with van der Waals surface area (Å²) in [4.78, 5) is 12.3. The molecule has 0 heterocycles. The molecular weight excluding hydrogens is 250 g/mol. The van der Waals surface area contributed by atoms with E-state index in [9.17, 15) is 9.90 Å². The first-order chi connectivity index (χ1) is 9.59. The molecule has 1 aromatic carbocycles. The summed E-state index contributed by atoms with van der Waals surface area (Å²) in [5.41, 5.74) is 2.75. The Labute approximate surface area is 120 Å².